The van der Waals surface area contributed by atoms with Gasteiger partial charge in [0.1, 0.15) is 12.2 Å². The highest BCUT2D eigenvalue weighted by molar-refractivity contribution is 7.14. The quantitative estimate of drug-likeness (QED) is 0.851. The van der Waals surface area contributed by atoms with E-state index < -0.39 is 0 Å². The summed E-state index contributed by atoms with van der Waals surface area (Å²) in [6.45, 7) is 1.61. The van der Waals surface area contributed by atoms with Crippen LogP contribution in [0.3, 0.4) is 0 Å². The Bertz CT molecular complexity index is 697. The Morgan fingerprint density at radius 1 is 1.30 bits per heavy atom. The number of carbonyl (C=O) groups excluding carboxylic acids is 1. The topological polar surface area (TPSA) is 51.0 Å². The molecule has 6 heteroatoms. The lowest BCUT2D eigenvalue weighted by Crippen LogP contribution is -2.39. The van der Waals surface area contributed by atoms with Gasteiger partial charge in [-0.05, 0) is 50.2 Å². The van der Waals surface area contributed by atoms with Crippen molar-refractivity contribution in [2.24, 2.45) is 7.05 Å². The predicted molar refractivity (Wildman–Crippen MR) is 89.8 cm³/mol. The zero-order valence-corrected chi connectivity index (χ0v) is 14.3. The molecular formula is C17H22N4OS. The summed E-state index contributed by atoms with van der Waals surface area (Å²) < 4.78 is 1.97. The van der Waals surface area contributed by atoms with Gasteiger partial charge in [0, 0.05) is 30.9 Å². The normalized spacial score (nSPS) is 21.3. The Morgan fingerprint density at radius 3 is 2.96 bits per heavy atom. The van der Waals surface area contributed by atoms with E-state index in [1.807, 2.05) is 16.5 Å². The Morgan fingerprint density at radius 2 is 2.17 bits per heavy atom. The van der Waals surface area contributed by atoms with Gasteiger partial charge in [0.25, 0.3) is 5.91 Å². The average Bonchev–Trinajstić information content (AvgIpc) is 3.20. The molecule has 0 aromatic carbocycles. The predicted octanol–water partition coefficient (Wildman–Crippen LogP) is 2.78. The second-order valence-electron chi connectivity index (χ2n) is 6.66. The smallest absolute Gasteiger partial charge is 0.263 e. The molecule has 1 aliphatic carbocycles. The van der Waals surface area contributed by atoms with Gasteiger partial charge < -0.3 is 9.47 Å². The molecule has 2 aromatic heterocycles. The highest BCUT2D eigenvalue weighted by Crippen LogP contribution is 2.32. The van der Waals surface area contributed by atoms with Crippen LogP contribution in [0.2, 0.25) is 0 Å². The minimum atomic E-state index is 0.205. The minimum Gasteiger partial charge on any atom is -0.337 e. The third-order valence-electron chi connectivity index (χ3n) is 5.03. The number of nitrogens with zero attached hydrogens (tertiary/aromatic N) is 4. The molecule has 0 N–H and O–H groups in total. The molecule has 0 spiro atoms. The van der Waals surface area contributed by atoms with Gasteiger partial charge >= 0.3 is 0 Å². The average molecular weight is 330 g/mol. The number of rotatable bonds is 2. The first kappa shape index (κ1) is 14.9. The molecule has 5 nitrogen and oxygen atoms in total. The van der Waals surface area contributed by atoms with Crippen molar-refractivity contribution in [1.82, 2.24) is 19.7 Å². The third-order valence-corrected chi connectivity index (χ3v) is 6.25. The van der Waals surface area contributed by atoms with Crippen LogP contribution in [0.25, 0.3) is 0 Å². The number of hydrogen-bond acceptors (Lipinski definition) is 4. The number of aryl methyl sites for hydroxylation is 3. The standard InChI is InChI=1S/C17H22N4OS/c1-20-11-18-19-16(20)13-6-4-8-21(10-13)17(22)15-9-12-5-2-3-7-14(12)23-15/h9,11,13H,2-8,10H2,1H3/t13-/m0/s1. The largest absolute Gasteiger partial charge is 0.337 e. The molecule has 4 rings (SSSR count). The molecular weight excluding hydrogens is 308 g/mol. The summed E-state index contributed by atoms with van der Waals surface area (Å²) in [7, 11) is 1.98. The molecule has 0 bridgehead atoms. The maximum atomic E-state index is 12.9. The van der Waals surface area contributed by atoms with Gasteiger partial charge in [0.2, 0.25) is 0 Å². The molecule has 1 aliphatic heterocycles. The third kappa shape index (κ3) is 2.80. The summed E-state index contributed by atoms with van der Waals surface area (Å²) in [5.74, 6) is 1.50. The highest BCUT2D eigenvalue weighted by atomic mass is 32.1. The molecule has 1 saturated heterocycles. The lowest BCUT2D eigenvalue weighted by Gasteiger charge is -2.31. The Labute approximate surface area is 140 Å². The second kappa shape index (κ2) is 6.07. The first-order valence-corrected chi connectivity index (χ1v) is 9.29. The van der Waals surface area contributed by atoms with Gasteiger partial charge in [-0.15, -0.1) is 21.5 Å². The number of fused-ring (bicyclic) bond motifs is 1. The zero-order valence-electron chi connectivity index (χ0n) is 13.5. The highest BCUT2D eigenvalue weighted by Gasteiger charge is 2.29. The SMILES string of the molecule is Cn1cnnc1[C@H]1CCCN(C(=O)c2cc3c(s2)CCCC3)C1. The number of thiophene rings is 1. The second-order valence-corrected chi connectivity index (χ2v) is 7.79. The summed E-state index contributed by atoms with van der Waals surface area (Å²) in [6, 6.07) is 2.15. The van der Waals surface area contributed by atoms with Crippen LogP contribution in [0, 0.1) is 0 Å². The Kier molecular flexibility index (Phi) is 3.93. The molecule has 2 aromatic rings. The number of piperidine rings is 1. The van der Waals surface area contributed by atoms with Crippen LogP contribution >= 0.6 is 11.3 Å². The van der Waals surface area contributed by atoms with Crippen LogP contribution in [0.15, 0.2) is 12.4 Å². The van der Waals surface area contributed by atoms with E-state index in [1.165, 1.54) is 23.3 Å². The molecule has 1 atom stereocenters. The van der Waals surface area contributed by atoms with E-state index in [4.69, 9.17) is 0 Å². The van der Waals surface area contributed by atoms with E-state index in [2.05, 4.69) is 16.3 Å². The van der Waals surface area contributed by atoms with Crippen molar-refractivity contribution in [3.8, 4) is 0 Å². The molecule has 1 amide bonds. The van der Waals surface area contributed by atoms with Crippen molar-refractivity contribution < 1.29 is 4.79 Å². The number of carbonyl (C=O) groups is 1. The number of amides is 1. The van der Waals surface area contributed by atoms with Crippen LogP contribution in [0.1, 0.15) is 57.5 Å². The first-order valence-electron chi connectivity index (χ1n) is 8.47. The molecule has 3 heterocycles. The van der Waals surface area contributed by atoms with Crippen molar-refractivity contribution in [3.05, 3.63) is 33.5 Å². The molecule has 0 radical (unpaired) electrons. The van der Waals surface area contributed by atoms with Gasteiger partial charge in [-0.2, -0.15) is 0 Å². The van der Waals surface area contributed by atoms with Crippen LogP contribution in [-0.2, 0) is 19.9 Å². The maximum absolute atomic E-state index is 12.9. The van der Waals surface area contributed by atoms with E-state index in [-0.39, 0.29) is 5.91 Å². The number of hydrogen-bond donors (Lipinski definition) is 0. The van der Waals surface area contributed by atoms with Crippen molar-refractivity contribution in [2.45, 2.75) is 44.4 Å². The molecule has 0 unspecified atom stereocenters. The summed E-state index contributed by atoms with van der Waals surface area (Å²) >= 11 is 1.71. The number of likely N-dealkylation sites (tertiary alicyclic amines) is 1. The summed E-state index contributed by atoms with van der Waals surface area (Å²) in [4.78, 5) is 17.3. The van der Waals surface area contributed by atoms with Crippen LogP contribution in [-0.4, -0.2) is 38.7 Å². The van der Waals surface area contributed by atoms with Crippen molar-refractivity contribution in [3.63, 3.8) is 0 Å². The van der Waals surface area contributed by atoms with E-state index in [0.717, 1.165) is 49.5 Å². The molecule has 2 aliphatic rings. The molecule has 0 saturated carbocycles. The summed E-state index contributed by atoms with van der Waals surface area (Å²) in [5, 5.41) is 8.22. The number of aromatic nitrogens is 3. The first-order chi connectivity index (χ1) is 11.2. The van der Waals surface area contributed by atoms with Gasteiger partial charge in [-0.3, -0.25) is 4.79 Å². The van der Waals surface area contributed by atoms with E-state index >= 15 is 0 Å². The lowest BCUT2D eigenvalue weighted by molar-refractivity contribution is 0.0708. The van der Waals surface area contributed by atoms with Gasteiger partial charge in [-0.1, -0.05) is 0 Å². The van der Waals surface area contributed by atoms with Gasteiger partial charge in [-0.25, -0.2) is 0 Å². The molecule has 1 fully saturated rings. The van der Waals surface area contributed by atoms with Crippen molar-refractivity contribution in [2.75, 3.05) is 13.1 Å². The summed E-state index contributed by atoms with van der Waals surface area (Å²) in [6.07, 6.45) is 8.67. The fourth-order valence-corrected chi connectivity index (χ4v) is 5.01. The molecule has 23 heavy (non-hydrogen) atoms. The van der Waals surface area contributed by atoms with E-state index in [0.29, 0.717) is 5.92 Å². The zero-order chi connectivity index (χ0) is 15.8. The fraction of sp³-hybridized carbons (Fsp3) is 0.588. The maximum Gasteiger partial charge on any atom is 0.263 e. The summed E-state index contributed by atoms with van der Waals surface area (Å²) in [5.41, 5.74) is 1.41. The van der Waals surface area contributed by atoms with E-state index in [9.17, 15) is 4.79 Å². The fourth-order valence-electron chi connectivity index (χ4n) is 3.79. The Balaban J connectivity index is 1.52. The minimum absolute atomic E-state index is 0.205. The van der Waals surface area contributed by atoms with Crippen molar-refractivity contribution in [1.29, 1.82) is 0 Å². The van der Waals surface area contributed by atoms with Crippen molar-refractivity contribution >= 4 is 17.2 Å². The lowest BCUT2D eigenvalue weighted by atomic mass is 9.96. The Hall–Kier alpha value is -1.69. The monoisotopic (exact) mass is 330 g/mol. The van der Waals surface area contributed by atoms with Gasteiger partial charge in [0.05, 0.1) is 4.88 Å². The van der Waals surface area contributed by atoms with Crippen LogP contribution < -0.4 is 0 Å². The van der Waals surface area contributed by atoms with Crippen LogP contribution in [0.5, 0.6) is 0 Å². The molecule has 122 valence electrons. The van der Waals surface area contributed by atoms with Gasteiger partial charge in [0.15, 0.2) is 0 Å². The van der Waals surface area contributed by atoms with E-state index in [1.54, 1.807) is 17.7 Å². The van der Waals surface area contributed by atoms with Crippen LogP contribution in [0.4, 0.5) is 0 Å².